The van der Waals surface area contributed by atoms with Crippen molar-refractivity contribution in [2.75, 3.05) is 19.5 Å². The van der Waals surface area contributed by atoms with Crippen LogP contribution in [-0.2, 0) is 0 Å². The van der Waals surface area contributed by atoms with Gasteiger partial charge in [-0.05, 0) is 49.2 Å². The van der Waals surface area contributed by atoms with Gasteiger partial charge in [-0.2, -0.15) is 0 Å². The Labute approximate surface area is 166 Å². The molecule has 0 aliphatic heterocycles. The van der Waals surface area contributed by atoms with Crippen LogP contribution in [0.3, 0.4) is 0 Å². The minimum atomic E-state index is -1.48. The quantitative estimate of drug-likeness (QED) is 0.583. The van der Waals surface area contributed by atoms with Crippen LogP contribution in [-0.4, -0.2) is 48.1 Å². The number of rotatable bonds is 6. The van der Waals surface area contributed by atoms with Gasteiger partial charge in [-0.25, -0.2) is 9.59 Å². The standard InChI is InChI=1S/C20H20N2O7/c1-9-5-15(16(29-4)6-10(9)2)22-18(24)12-8-13(19(25)26)11(17(23)21-3)7-14(12)20(27)28/h5-8H,1-4H3,(H,21,23)(H,22,24)(H,25,26)(H,27,28). The molecule has 0 bridgehead atoms. The van der Waals surface area contributed by atoms with Gasteiger partial charge >= 0.3 is 11.9 Å². The number of carbonyl (C=O) groups is 4. The Morgan fingerprint density at radius 3 is 1.72 bits per heavy atom. The lowest BCUT2D eigenvalue weighted by atomic mass is 9.96. The second-order valence-electron chi connectivity index (χ2n) is 6.22. The van der Waals surface area contributed by atoms with Crippen molar-refractivity contribution < 1.29 is 34.1 Å². The monoisotopic (exact) mass is 400 g/mol. The number of carboxylic acid groups (broad SMARTS) is 2. The highest BCUT2D eigenvalue weighted by atomic mass is 16.5. The van der Waals surface area contributed by atoms with E-state index >= 15 is 0 Å². The number of benzene rings is 2. The molecule has 0 saturated carbocycles. The molecule has 0 heterocycles. The highest BCUT2D eigenvalue weighted by Gasteiger charge is 2.25. The Morgan fingerprint density at radius 2 is 1.28 bits per heavy atom. The Bertz CT molecular complexity index is 1030. The number of methoxy groups -OCH3 is 1. The Kier molecular flexibility index (Phi) is 6.22. The van der Waals surface area contributed by atoms with Gasteiger partial charge in [0.15, 0.2) is 0 Å². The third kappa shape index (κ3) is 4.34. The average molecular weight is 400 g/mol. The van der Waals surface area contributed by atoms with Crippen LogP contribution in [0.15, 0.2) is 24.3 Å². The van der Waals surface area contributed by atoms with Crippen molar-refractivity contribution in [2.45, 2.75) is 13.8 Å². The van der Waals surface area contributed by atoms with Crippen molar-refractivity contribution in [3.63, 3.8) is 0 Å². The van der Waals surface area contributed by atoms with Gasteiger partial charge in [0.25, 0.3) is 11.8 Å². The van der Waals surface area contributed by atoms with Crippen molar-refractivity contribution in [2.24, 2.45) is 0 Å². The number of nitrogens with one attached hydrogen (secondary N) is 2. The molecule has 0 atom stereocenters. The highest BCUT2D eigenvalue weighted by molar-refractivity contribution is 6.15. The Hall–Kier alpha value is -3.88. The van der Waals surface area contributed by atoms with Gasteiger partial charge < -0.3 is 25.6 Å². The molecule has 0 saturated heterocycles. The summed E-state index contributed by atoms with van der Waals surface area (Å²) >= 11 is 0. The molecule has 29 heavy (non-hydrogen) atoms. The molecule has 0 aromatic heterocycles. The summed E-state index contributed by atoms with van der Waals surface area (Å²) in [5, 5.41) is 23.7. The van der Waals surface area contributed by atoms with E-state index in [2.05, 4.69) is 10.6 Å². The second kappa shape index (κ2) is 8.42. The van der Waals surface area contributed by atoms with E-state index in [9.17, 15) is 29.4 Å². The maximum absolute atomic E-state index is 12.8. The second-order valence-corrected chi connectivity index (χ2v) is 6.22. The maximum Gasteiger partial charge on any atom is 0.336 e. The number of carboxylic acids is 2. The molecule has 0 unspecified atom stereocenters. The van der Waals surface area contributed by atoms with Crippen molar-refractivity contribution in [1.29, 1.82) is 0 Å². The van der Waals surface area contributed by atoms with E-state index in [1.165, 1.54) is 14.2 Å². The zero-order chi connectivity index (χ0) is 21.9. The zero-order valence-electron chi connectivity index (χ0n) is 16.2. The van der Waals surface area contributed by atoms with Crippen molar-refractivity contribution in [1.82, 2.24) is 5.32 Å². The molecule has 2 aromatic carbocycles. The van der Waals surface area contributed by atoms with Crippen LogP contribution in [0.1, 0.15) is 52.6 Å². The van der Waals surface area contributed by atoms with E-state index in [1.54, 1.807) is 12.1 Å². The van der Waals surface area contributed by atoms with E-state index in [0.717, 1.165) is 23.3 Å². The lowest BCUT2D eigenvalue weighted by molar-refractivity contribution is 0.0676. The van der Waals surface area contributed by atoms with Crippen LogP contribution in [0.4, 0.5) is 5.69 Å². The number of amides is 2. The number of anilines is 1. The van der Waals surface area contributed by atoms with Gasteiger partial charge in [0.1, 0.15) is 5.75 Å². The van der Waals surface area contributed by atoms with Gasteiger partial charge in [-0.3, -0.25) is 9.59 Å². The first-order valence-corrected chi connectivity index (χ1v) is 8.44. The minimum absolute atomic E-state index is 0.296. The topological polar surface area (TPSA) is 142 Å². The van der Waals surface area contributed by atoms with Crippen LogP contribution in [0.2, 0.25) is 0 Å². The molecule has 0 spiro atoms. The van der Waals surface area contributed by atoms with E-state index in [0.29, 0.717) is 11.4 Å². The molecular formula is C20H20N2O7. The summed E-state index contributed by atoms with van der Waals surface area (Å²) in [4.78, 5) is 48.0. The van der Waals surface area contributed by atoms with Crippen LogP contribution < -0.4 is 15.4 Å². The van der Waals surface area contributed by atoms with E-state index in [-0.39, 0.29) is 5.56 Å². The fourth-order valence-corrected chi connectivity index (χ4v) is 2.71. The van der Waals surface area contributed by atoms with Gasteiger partial charge in [-0.1, -0.05) is 0 Å². The number of hydrogen-bond acceptors (Lipinski definition) is 5. The van der Waals surface area contributed by atoms with E-state index < -0.39 is 40.4 Å². The largest absolute Gasteiger partial charge is 0.495 e. The van der Waals surface area contributed by atoms with Crippen LogP contribution in [0, 0.1) is 13.8 Å². The minimum Gasteiger partial charge on any atom is -0.495 e. The van der Waals surface area contributed by atoms with E-state index in [4.69, 9.17) is 4.74 Å². The smallest absolute Gasteiger partial charge is 0.336 e. The average Bonchev–Trinajstić information content (AvgIpc) is 2.68. The van der Waals surface area contributed by atoms with Crippen LogP contribution >= 0.6 is 0 Å². The van der Waals surface area contributed by atoms with Crippen LogP contribution in [0.25, 0.3) is 0 Å². The predicted molar refractivity (Wildman–Crippen MR) is 104 cm³/mol. The molecular weight excluding hydrogens is 380 g/mol. The number of carbonyl (C=O) groups excluding carboxylic acids is 2. The van der Waals surface area contributed by atoms with Crippen LogP contribution in [0.5, 0.6) is 5.75 Å². The maximum atomic E-state index is 12.8. The number of hydrogen-bond donors (Lipinski definition) is 4. The molecule has 0 fully saturated rings. The molecule has 0 radical (unpaired) electrons. The molecule has 9 heteroatoms. The van der Waals surface area contributed by atoms with Gasteiger partial charge in [-0.15, -0.1) is 0 Å². The number of ether oxygens (including phenoxy) is 1. The predicted octanol–water partition coefficient (Wildman–Crippen LogP) is 2.32. The molecule has 152 valence electrons. The summed E-state index contributed by atoms with van der Waals surface area (Å²) in [7, 11) is 2.70. The Balaban J connectivity index is 2.61. The summed E-state index contributed by atoms with van der Waals surface area (Å²) in [5.41, 5.74) is 0.320. The molecule has 4 N–H and O–H groups in total. The summed E-state index contributed by atoms with van der Waals surface area (Å²) in [6, 6.07) is 5.11. The lowest BCUT2D eigenvalue weighted by Gasteiger charge is -2.15. The molecule has 2 rings (SSSR count). The SMILES string of the molecule is CNC(=O)c1cc(C(=O)O)c(C(=O)Nc2cc(C)c(C)cc2OC)cc1C(=O)O. The normalized spacial score (nSPS) is 10.2. The number of aromatic carboxylic acids is 2. The van der Waals surface area contributed by atoms with Gasteiger partial charge in [0, 0.05) is 7.05 Å². The summed E-state index contributed by atoms with van der Waals surface area (Å²) < 4.78 is 5.24. The summed E-state index contributed by atoms with van der Waals surface area (Å²) in [6.07, 6.45) is 0. The Morgan fingerprint density at radius 1 is 0.793 bits per heavy atom. The lowest BCUT2D eigenvalue weighted by Crippen LogP contribution is -2.24. The molecule has 2 aromatic rings. The van der Waals surface area contributed by atoms with Gasteiger partial charge in [0.2, 0.25) is 0 Å². The first-order chi connectivity index (χ1) is 13.6. The third-order valence-corrected chi connectivity index (χ3v) is 4.40. The first kappa shape index (κ1) is 21.4. The number of aryl methyl sites for hydroxylation is 2. The highest BCUT2D eigenvalue weighted by Crippen LogP contribution is 2.29. The molecule has 0 aliphatic rings. The summed E-state index contributed by atoms with van der Waals surface area (Å²) in [6.45, 7) is 3.69. The first-order valence-electron chi connectivity index (χ1n) is 8.44. The fourth-order valence-electron chi connectivity index (χ4n) is 2.71. The summed E-state index contributed by atoms with van der Waals surface area (Å²) in [5.74, 6) is -4.23. The molecule has 9 nitrogen and oxygen atoms in total. The third-order valence-electron chi connectivity index (χ3n) is 4.40. The van der Waals surface area contributed by atoms with Crippen molar-refractivity contribution in [3.8, 4) is 5.75 Å². The zero-order valence-corrected chi connectivity index (χ0v) is 16.2. The fraction of sp³-hybridized carbons (Fsp3) is 0.200. The van der Waals surface area contributed by atoms with Crippen molar-refractivity contribution >= 4 is 29.4 Å². The van der Waals surface area contributed by atoms with Crippen molar-refractivity contribution in [3.05, 3.63) is 57.6 Å². The molecule has 0 aliphatic carbocycles. The van der Waals surface area contributed by atoms with E-state index in [1.807, 2.05) is 13.8 Å². The molecule has 2 amide bonds. The van der Waals surface area contributed by atoms with Gasteiger partial charge in [0.05, 0.1) is 35.1 Å².